The van der Waals surface area contributed by atoms with Gasteiger partial charge in [-0.1, -0.05) is 18.2 Å². The van der Waals surface area contributed by atoms with Crippen molar-refractivity contribution in [3.05, 3.63) is 60.2 Å². The van der Waals surface area contributed by atoms with Crippen molar-refractivity contribution in [2.75, 3.05) is 37.6 Å². The van der Waals surface area contributed by atoms with E-state index in [-0.39, 0.29) is 35.6 Å². The second-order valence-electron chi connectivity index (χ2n) is 6.97. The minimum Gasteiger partial charge on any atom is -0.508 e. The number of nitrogens with one attached hydrogen (secondary N) is 3. The number of carbonyl (C=O) groups is 1. The number of anilines is 1. The average molecular weight is 523 g/mol. The molecule has 1 saturated heterocycles. The molecule has 1 aliphatic heterocycles. The van der Waals surface area contributed by atoms with Gasteiger partial charge in [0.2, 0.25) is 0 Å². The lowest BCUT2D eigenvalue weighted by Crippen LogP contribution is -2.45. The molecule has 2 aromatic rings. The van der Waals surface area contributed by atoms with E-state index in [1.54, 1.807) is 12.1 Å². The van der Waals surface area contributed by atoms with Crippen LogP contribution < -0.4 is 20.9 Å². The number of phenols is 1. The van der Waals surface area contributed by atoms with Crippen molar-refractivity contribution in [3.8, 4) is 5.75 Å². The van der Waals surface area contributed by atoms with E-state index in [1.807, 2.05) is 13.0 Å². The van der Waals surface area contributed by atoms with E-state index in [0.29, 0.717) is 24.7 Å². The Hall–Kier alpha value is -2.49. The van der Waals surface area contributed by atoms with Crippen LogP contribution in [0.1, 0.15) is 23.7 Å². The molecule has 8 heteroatoms. The number of para-hydroxylation sites is 1. The Labute approximate surface area is 195 Å². The lowest BCUT2D eigenvalue weighted by Gasteiger charge is -2.20. The molecule has 1 fully saturated rings. The second-order valence-corrected chi connectivity index (χ2v) is 6.97. The van der Waals surface area contributed by atoms with Crippen LogP contribution in [0.2, 0.25) is 0 Å². The third-order valence-electron chi connectivity index (χ3n) is 4.79. The number of aromatic hydroxyl groups is 1. The highest BCUT2D eigenvalue weighted by Gasteiger charge is 2.23. The third-order valence-corrected chi connectivity index (χ3v) is 4.79. The standard InChI is InChI=1S/C22H29N5O2.HI/c1-2-23-22(25-14-13-24-21(29)17-8-10-20(28)11-9-17)26-18-12-15-27(16-18)19-6-4-3-5-7-19;/h3-11,18,28H,2,12-16H2,1H3,(H,24,29)(H2,23,25,26);1H. The maximum absolute atomic E-state index is 12.1. The lowest BCUT2D eigenvalue weighted by molar-refractivity contribution is 0.0955. The smallest absolute Gasteiger partial charge is 0.251 e. The zero-order chi connectivity index (χ0) is 20.5. The number of aliphatic imine (C=N–C) groups is 1. The molecule has 1 heterocycles. The van der Waals surface area contributed by atoms with Crippen LogP contribution in [0.5, 0.6) is 5.75 Å². The van der Waals surface area contributed by atoms with Gasteiger partial charge in [0.05, 0.1) is 6.54 Å². The van der Waals surface area contributed by atoms with Gasteiger partial charge in [0.25, 0.3) is 5.91 Å². The zero-order valence-corrected chi connectivity index (χ0v) is 19.5. The summed E-state index contributed by atoms with van der Waals surface area (Å²) < 4.78 is 0. The fourth-order valence-electron chi connectivity index (χ4n) is 3.32. The van der Waals surface area contributed by atoms with Crippen LogP contribution in [-0.4, -0.2) is 55.7 Å². The number of guanidine groups is 1. The van der Waals surface area contributed by atoms with Crippen LogP contribution in [0.15, 0.2) is 59.6 Å². The third kappa shape index (κ3) is 7.08. The van der Waals surface area contributed by atoms with E-state index >= 15 is 0 Å². The van der Waals surface area contributed by atoms with Gasteiger partial charge in [-0.25, -0.2) is 0 Å². The molecule has 162 valence electrons. The van der Waals surface area contributed by atoms with Gasteiger partial charge < -0.3 is 26.0 Å². The number of amides is 1. The summed E-state index contributed by atoms with van der Waals surface area (Å²) in [6, 6.07) is 17.0. The highest BCUT2D eigenvalue weighted by atomic mass is 127. The number of rotatable bonds is 7. The first-order valence-corrected chi connectivity index (χ1v) is 10.1. The maximum atomic E-state index is 12.1. The maximum Gasteiger partial charge on any atom is 0.251 e. The fraction of sp³-hybridized carbons (Fsp3) is 0.364. The predicted molar refractivity (Wildman–Crippen MR) is 132 cm³/mol. The summed E-state index contributed by atoms with van der Waals surface area (Å²) >= 11 is 0. The molecule has 0 bridgehead atoms. The summed E-state index contributed by atoms with van der Waals surface area (Å²) in [6.45, 7) is 5.69. The van der Waals surface area contributed by atoms with Gasteiger partial charge >= 0.3 is 0 Å². The molecule has 0 aliphatic carbocycles. The molecule has 1 amide bonds. The molecular weight excluding hydrogens is 493 g/mol. The molecule has 3 rings (SSSR count). The number of halogens is 1. The summed E-state index contributed by atoms with van der Waals surface area (Å²) in [7, 11) is 0. The van der Waals surface area contributed by atoms with Crippen LogP contribution >= 0.6 is 24.0 Å². The zero-order valence-electron chi connectivity index (χ0n) is 17.2. The normalized spacial score (nSPS) is 16.0. The average Bonchev–Trinajstić information content (AvgIpc) is 3.21. The van der Waals surface area contributed by atoms with Crippen LogP contribution in [-0.2, 0) is 0 Å². The van der Waals surface area contributed by atoms with E-state index in [9.17, 15) is 9.90 Å². The Balaban J connectivity index is 0.00000320. The van der Waals surface area contributed by atoms with Crippen LogP contribution in [0.3, 0.4) is 0 Å². The molecule has 1 atom stereocenters. The van der Waals surface area contributed by atoms with Crippen molar-refractivity contribution in [3.63, 3.8) is 0 Å². The number of hydrogen-bond acceptors (Lipinski definition) is 4. The van der Waals surface area contributed by atoms with Crippen LogP contribution in [0, 0.1) is 0 Å². The Morgan fingerprint density at radius 1 is 1.13 bits per heavy atom. The number of phenolic OH excluding ortho intramolecular Hbond substituents is 1. The predicted octanol–water partition coefficient (Wildman–Crippen LogP) is 2.57. The van der Waals surface area contributed by atoms with E-state index in [0.717, 1.165) is 32.0 Å². The topological polar surface area (TPSA) is 89.0 Å². The van der Waals surface area contributed by atoms with Gasteiger partial charge in [-0.15, -0.1) is 24.0 Å². The number of benzene rings is 2. The van der Waals surface area contributed by atoms with E-state index in [4.69, 9.17) is 0 Å². The summed E-state index contributed by atoms with van der Waals surface area (Å²) in [4.78, 5) is 19.0. The highest BCUT2D eigenvalue weighted by Crippen LogP contribution is 2.19. The number of hydrogen-bond donors (Lipinski definition) is 4. The van der Waals surface area contributed by atoms with Crippen molar-refractivity contribution in [1.82, 2.24) is 16.0 Å². The van der Waals surface area contributed by atoms with Gasteiger partial charge in [0, 0.05) is 43.5 Å². The SMILES string of the molecule is CCNC(=NCCNC(=O)c1ccc(O)cc1)NC1CCN(c2ccccc2)C1.I. The molecule has 2 aromatic carbocycles. The first-order valence-electron chi connectivity index (χ1n) is 10.1. The Morgan fingerprint density at radius 2 is 1.87 bits per heavy atom. The second kappa shape index (κ2) is 12.3. The molecule has 7 nitrogen and oxygen atoms in total. The quantitative estimate of drug-likeness (QED) is 0.194. The first-order chi connectivity index (χ1) is 14.2. The molecule has 0 saturated carbocycles. The summed E-state index contributed by atoms with van der Waals surface area (Å²) in [5, 5.41) is 18.9. The van der Waals surface area contributed by atoms with Gasteiger partial charge in [0.15, 0.2) is 5.96 Å². The van der Waals surface area contributed by atoms with Gasteiger partial charge in [-0.3, -0.25) is 9.79 Å². The minimum absolute atomic E-state index is 0. The minimum atomic E-state index is -0.174. The summed E-state index contributed by atoms with van der Waals surface area (Å²) in [5.41, 5.74) is 1.76. The van der Waals surface area contributed by atoms with E-state index in [1.165, 1.54) is 17.8 Å². The van der Waals surface area contributed by atoms with Crippen molar-refractivity contribution in [2.24, 2.45) is 4.99 Å². The monoisotopic (exact) mass is 523 g/mol. The molecule has 1 unspecified atom stereocenters. The number of carbonyl (C=O) groups excluding carboxylic acids is 1. The largest absolute Gasteiger partial charge is 0.508 e. The van der Waals surface area contributed by atoms with E-state index in [2.05, 4.69) is 50.1 Å². The summed E-state index contributed by atoms with van der Waals surface area (Å²) in [5.74, 6) is 0.740. The molecule has 4 N–H and O–H groups in total. The van der Waals surface area contributed by atoms with Crippen molar-refractivity contribution < 1.29 is 9.90 Å². The van der Waals surface area contributed by atoms with Gasteiger partial charge in [0.1, 0.15) is 5.75 Å². The van der Waals surface area contributed by atoms with Crippen molar-refractivity contribution in [2.45, 2.75) is 19.4 Å². The van der Waals surface area contributed by atoms with Gasteiger partial charge in [-0.05, 0) is 49.7 Å². The molecular formula is C22H30IN5O2. The fourth-order valence-corrected chi connectivity index (χ4v) is 3.32. The Morgan fingerprint density at radius 3 is 2.57 bits per heavy atom. The first kappa shape index (κ1) is 23.8. The van der Waals surface area contributed by atoms with E-state index < -0.39 is 0 Å². The summed E-state index contributed by atoms with van der Waals surface area (Å²) in [6.07, 6.45) is 1.05. The molecule has 0 aromatic heterocycles. The Bertz CT molecular complexity index is 814. The van der Waals surface area contributed by atoms with Crippen LogP contribution in [0.4, 0.5) is 5.69 Å². The highest BCUT2D eigenvalue weighted by molar-refractivity contribution is 14.0. The molecule has 30 heavy (non-hydrogen) atoms. The lowest BCUT2D eigenvalue weighted by atomic mass is 10.2. The van der Waals surface area contributed by atoms with Crippen molar-refractivity contribution >= 4 is 41.5 Å². The van der Waals surface area contributed by atoms with Crippen LogP contribution in [0.25, 0.3) is 0 Å². The molecule has 1 aliphatic rings. The molecule has 0 spiro atoms. The number of nitrogens with zero attached hydrogens (tertiary/aromatic N) is 2. The van der Waals surface area contributed by atoms with Crippen molar-refractivity contribution in [1.29, 1.82) is 0 Å². The molecule has 0 radical (unpaired) electrons. The Kier molecular flexibility index (Phi) is 9.72. The van der Waals surface area contributed by atoms with Gasteiger partial charge in [-0.2, -0.15) is 0 Å².